The third-order valence-electron chi connectivity index (χ3n) is 6.56. The highest BCUT2D eigenvalue weighted by Crippen LogP contribution is 2.65. The Morgan fingerprint density at radius 3 is 2.45 bits per heavy atom. The normalized spacial score (nSPS) is 47.3. The van der Waals surface area contributed by atoms with Crippen LogP contribution in [0.4, 0.5) is 0 Å². The minimum absolute atomic E-state index is 0.0396. The van der Waals surface area contributed by atoms with Crippen LogP contribution < -0.4 is 11.1 Å². The van der Waals surface area contributed by atoms with Crippen molar-refractivity contribution in [2.45, 2.75) is 64.3 Å². The van der Waals surface area contributed by atoms with Crippen molar-refractivity contribution in [3.63, 3.8) is 0 Å². The molecule has 3 unspecified atom stereocenters. The van der Waals surface area contributed by atoms with E-state index in [9.17, 15) is 4.79 Å². The van der Waals surface area contributed by atoms with Gasteiger partial charge in [0.15, 0.2) is 0 Å². The number of amides is 1. The molecule has 0 radical (unpaired) electrons. The number of hydrogen-bond donors (Lipinski definition) is 2. The standard InChI is InChI=1S/C17H28N2O/c1-16-5-11-4-12(6-16)8-17(7-11,10-16)15(20)19-9-14(18)13-2-3-13/h11-14H,2-10,18H2,1H3,(H,19,20). The number of hydrogen-bond acceptors (Lipinski definition) is 2. The van der Waals surface area contributed by atoms with Crippen LogP contribution in [0.5, 0.6) is 0 Å². The topological polar surface area (TPSA) is 55.1 Å². The van der Waals surface area contributed by atoms with Gasteiger partial charge in [-0.3, -0.25) is 4.79 Å². The van der Waals surface area contributed by atoms with Crippen molar-refractivity contribution >= 4 is 5.91 Å². The average Bonchev–Trinajstić information content (AvgIpc) is 3.16. The second kappa shape index (κ2) is 4.22. The lowest BCUT2D eigenvalue weighted by Gasteiger charge is -2.60. The summed E-state index contributed by atoms with van der Waals surface area (Å²) >= 11 is 0. The Morgan fingerprint density at radius 2 is 1.90 bits per heavy atom. The van der Waals surface area contributed by atoms with Crippen molar-refractivity contribution in [2.75, 3.05) is 6.54 Å². The molecule has 0 spiro atoms. The molecule has 5 rings (SSSR count). The third-order valence-corrected chi connectivity index (χ3v) is 6.56. The van der Waals surface area contributed by atoms with Crippen molar-refractivity contribution in [2.24, 2.45) is 34.3 Å². The van der Waals surface area contributed by atoms with E-state index in [-0.39, 0.29) is 11.5 Å². The van der Waals surface area contributed by atoms with Crippen LogP contribution >= 0.6 is 0 Å². The highest BCUT2D eigenvalue weighted by molar-refractivity contribution is 5.83. The zero-order valence-electron chi connectivity index (χ0n) is 12.7. The summed E-state index contributed by atoms with van der Waals surface area (Å²) in [5.41, 5.74) is 6.53. The van der Waals surface area contributed by atoms with Crippen molar-refractivity contribution in [3.8, 4) is 0 Å². The molecule has 0 aromatic heterocycles. The predicted molar refractivity (Wildman–Crippen MR) is 78.9 cm³/mol. The van der Waals surface area contributed by atoms with Gasteiger partial charge in [-0.15, -0.1) is 0 Å². The first kappa shape index (κ1) is 13.1. The van der Waals surface area contributed by atoms with E-state index in [0.717, 1.165) is 31.1 Å². The van der Waals surface area contributed by atoms with E-state index in [1.54, 1.807) is 0 Å². The summed E-state index contributed by atoms with van der Waals surface area (Å²) in [4.78, 5) is 12.8. The Balaban J connectivity index is 1.45. The fourth-order valence-electron chi connectivity index (χ4n) is 6.08. The summed E-state index contributed by atoms with van der Waals surface area (Å²) < 4.78 is 0. The van der Waals surface area contributed by atoms with Crippen LogP contribution in [0.15, 0.2) is 0 Å². The number of rotatable bonds is 4. The zero-order valence-corrected chi connectivity index (χ0v) is 12.7. The number of nitrogens with two attached hydrogens (primary N) is 1. The molecule has 1 amide bonds. The smallest absolute Gasteiger partial charge is 0.226 e. The van der Waals surface area contributed by atoms with Crippen LogP contribution in [-0.2, 0) is 4.79 Å². The monoisotopic (exact) mass is 276 g/mol. The summed E-state index contributed by atoms with van der Waals surface area (Å²) in [7, 11) is 0. The second-order valence-corrected chi connectivity index (χ2v) is 8.76. The summed E-state index contributed by atoms with van der Waals surface area (Å²) in [6.07, 6.45) is 10.0. The molecule has 4 bridgehead atoms. The molecular formula is C17H28N2O. The third kappa shape index (κ3) is 2.09. The van der Waals surface area contributed by atoms with E-state index in [0.29, 0.717) is 23.8 Å². The van der Waals surface area contributed by atoms with E-state index >= 15 is 0 Å². The lowest BCUT2D eigenvalue weighted by Crippen LogP contribution is -2.57. The molecule has 3 atom stereocenters. The molecule has 112 valence electrons. The van der Waals surface area contributed by atoms with E-state index in [1.165, 1.54) is 32.1 Å². The highest BCUT2D eigenvalue weighted by Gasteiger charge is 2.58. The first-order valence-electron chi connectivity index (χ1n) is 8.52. The minimum Gasteiger partial charge on any atom is -0.354 e. The predicted octanol–water partition coefficient (Wildman–Crippen LogP) is 2.45. The van der Waals surface area contributed by atoms with Crippen molar-refractivity contribution in [1.29, 1.82) is 0 Å². The van der Waals surface area contributed by atoms with Gasteiger partial charge < -0.3 is 11.1 Å². The Kier molecular flexibility index (Phi) is 2.77. The lowest BCUT2D eigenvalue weighted by atomic mass is 9.44. The lowest BCUT2D eigenvalue weighted by molar-refractivity contribution is -0.155. The Labute approximate surface area is 122 Å². The molecule has 5 aliphatic carbocycles. The average molecular weight is 276 g/mol. The summed E-state index contributed by atoms with van der Waals surface area (Å²) in [6, 6.07) is 0.184. The van der Waals surface area contributed by atoms with Gasteiger partial charge in [0.25, 0.3) is 0 Å². The number of nitrogens with one attached hydrogen (secondary N) is 1. The number of carbonyl (C=O) groups excluding carboxylic acids is 1. The fraction of sp³-hybridized carbons (Fsp3) is 0.941. The molecule has 5 saturated carbocycles. The fourth-order valence-corrected chi connectivity index (χ4v) is 6.08. The van der Waals surface area contributed by atoms with Gasteiger partial charge in [0.05, 0.1) is 5.41 Å². The Morgan fingerprint density at radius 1 is 1.25 bits per heavy atom. The van der Waals surface area contributed by atoms with Gasteiger partial charge in [-0.1, -0.05) is 6.92 Å². The largest absolute Gasteiger partial charge is 0.354 e. The van der Waals surface area contributed by atoms with Gasteiger partial charge >= 0.3 is 0 Å². The molecule has 0 heterocycles. The molecule has 0 aromatic carbocycles. The van der Waals surface area contributed by atoms with Crippen LogP contribution in [0.25, 0.3) is 0 Å². The molecule has 3 N–H and O–H groups in total. The molecule has 3 heteroatoms. The zero-order chi connectivity index (χ0) is 14.0. The molecular weight excluding hydrogens is 248 g/mol. The first-order chi connectivity index (χ1) is 9.48. The maximum atomic E-state index is 12.8. The summed E-state index contributed by atoms with van der Waals surface area (Å²) in [6.45, 7) is 3.11. The van der Waals surface area contributed by atoms with Gasteiger partial charge in [0.2, 0.25) is 5.91 Å². The maximum Gasteiger partial charge on any atom is 0.226 e. The Bertz CT molecular complexity index is 415. The van der Waals surface area contributed by atoms with Crippen LogP contribution in [0.2, 0.25) is 0 Å². The van der Waals surface area contributed by atoms with Gasteiger partial charge in [-0.2, -0.15) is 0 Å². The highest BCUT2D eigenvalue weighted by atomic mass is 16.2. The SMILES string of the molecule is CC12CC3CC(C1)CC(C(=O)NCC(N)C1CC1)(C3)C2. The minimum atomic E-state index is -0.0396. The van der Waals surface area contributed by atoms with Crippen LogP contribution in [-0.4, -0.2) is 18.5 Å². The van der Waals surface area contributed by atoms with Gasteiger partial charge in [0, 0.05) is 12.6 Å². The van der Waals surface area contributed by atoms with Gasteiger partial charge in [0.1, 0.15) is 0 Å². The molecule has 5 aliphatic rings. The van der Waals surface area contributed by atoms with E-state index < -0.39 is 0 Å². The summed E-state index contributed by atoms with van der Waals surface area (Å²) in [5.74, 6) is 2.62. The summed E-state index contributed by atoms with van der Waals surface area (Å²) in [5, 5.41) is 3.21. The molecule has 0 aromatic rings. The van der Waals surface area contributed by atoms with Crippen molar-refractivity contribution in [3.05, 3.63) is 0 Å². The van der Waals surface area contributed by atoms with Crippen LogP contribution in [0, 0.1) is 28.6 Å². The van der Waals surface area contributed by atoms with E-state index in [2.05, 4.69) is 12.2 Å². The van der Waals surface area contributed by atoms with E-state index in [4.69, 9.17) is 5.73 Å². The van der Waals surface area contributed by atoms with Crippen molar-refractivity contribution in [1.82, 2.24) is 5.32 Å². The Hall–Kier alpha value is -0.570. The first-order valence-corrected chi connectivity index (χ1v) is 8.52. The number of carbonyl (C=O) groups is 1. The maximum absolute atomic E-state index is 12.8. The molecule has 5 fully saturated rings. The van der Waals surface area contributed by atoms with Crippen molar-refractivity contribution < 1.29 is 4.79 Å². The molecule has 0 saturated heterocycles. The molecule has 20 heavy (non-hydrogen) atoms. The van der Waals surface area contributed by atoms with Crippen LogP contribution in [0.3, 0.4) is 0 Å². The van der Waals surface area contributed by atoms with Crippen LogP contribution in [0.1, 0.15) is 58.3 Å². The van der Waals surface area contributed by atoms with Gasteiger partial charge in [-0.05, 0) is 74.5 Å². The molecule has 0 aliphatic heterocycles. The molecule has 3 nitrogen and oxygen atoms in total. The van der Waals surface area contributed by atoms with E-state index in [1.807, 2.05) is 0 Å². The van der Waals surface area contributed by atoms with Gasteiger partial charge in [-0.25, -0.2) is 0 Å². The quantitative estimate of drug-likeness (QED) is 0.828. The second-order valence-electron chi connectivity index (χ2n) is 8.76.